The average Bonchev–Trinajstić information content (AvgIpc) is 2.47. The van der Waals surface area contributed by atoms with E-state index in [9.17, 15) is 10.1 Å². The molecule has 0 unspecified atom stereocenters. The number of nitrogens with one attached hydrogen (secondary N) is 1. The quantitative estimate of drug-likeness (QED) is 0.684. The predicted octanol–water partition coefficient (Wildman–Crippen LogP) is 3.85. The third-order valence-corrected chi connectivity index (χ3v) is 3.12. The number of para-hydroxylation sites is 1. The van der Waals surface area contributed by atoms with Gasteiger partial charge in [0, 0.05) is 5.69 Å². The first kappa shape index (κ1) is 14.5. The highest BCUT2D eigenvalue weighted by molar-refractivity contribution is 6.09. The van der Waals surface area contributed by atoms with Crippen molar-refractivity contribution in [1.29, 1.82) is 5.26 Å². The zero-order valence-electron chi connectivity index (χ0n) is 12.1. The average molecular weight is 276 g/mol. The van der Waals surface area contributed by atoms with Crippen LogP contribution in [-0.4, -0.2) is 5.91 Å². The summed E-state index contributed by atoms with van der Waals surface area (Å²) >= 11 is 0. The molecule has 2 rings (SSSR count). The van der Waals surface area contributed by atoms with Gasteiger partial charge in [-0.15, -0.1) is 0 Å². The molecule has 2 aromatic carbocycles. The van der Waals surface area contributed by atoms with Crippen molar-refractivity contribution in [2.24, 2.45) is 0 Å². The van der Waals surface area contributed by atoms with Crippen LogP contribution in [0.15, 0.2) is 54.1 Å². The summed E-state index contributed by atoms with van der Waals surface area (Å²) in [6, 6.07) is 16.9. The van der Waals surface area contributed by atoms with Crippen LogP contribution in [0.2, 0.25) is 0 Å². The second-order valence-corrected chi connectivity index (χ2v) is 4.85. The number of hydrogen-bond donors (Lipinski definition) is 1. The minimum Gasteiger partial charge on any atom is -0.321 e. The van der Waals surface area contributed by atoms with Gasteiger partial charge in [0.25, 0.3) is 5.91 Å². The van der Waals surface area contributed by atoms with Crippen LogP contribution in [0, 0.1) is 25.2 Å². The number of amides is 1. The molecule has 1 N–H and O–H groups in total. The number of nitriles is 1. The molecule has 2 aromatic rings. The highest BCUT2D eigenvalue weighted by Crippen LogP contribution is 2.15. The molecule has 3 nitrogen and oxygen atoms in total. The summed E-state index contributed by atoms with van der Waals surface area (Å²) in [7, 11) is 0. The van der Waals surface area contributed by atoms with E-state index in [1.807, 2.05) is 56.3 Å². The summed E-state index contributed by atoms with van der Waals surface area (Å²) in [4.78, 5) is 12.1. The Bertz CT molecular complexity index is 725. The highest BCUT2D eigenvalue weighted by Gasteiger charge is 2.10. The number of carbonyl (C=O) groups is 1. The second kappa shape index (κ2) is 6.53. The van der Waals surface area contributed by atoms with Gasteiger partial charge in [0.15, 0.2) is 0 Å². The first-order valence-electron chi connectivity index (χ1n) is 6.65. The lowest BCUT2D eigenvalue weighted by Gasteiger charge is -2.05. The van der Waals surface area contributed by atoms with Crippen LogP contribution in [0.3, 0.4) is 0 Å². The fraction of sp³-hybridized carbons (Fsp3) is 0.111. The molecular weight excluding hydrogens is 260 g/mol. The van der Waals surface area contributed by atoms with E-state index in [2.05, 4.69) is 5.32 Å². The van der Waals surface area contributed by atoms with Crippen molar-refractivity contribution in [2.45, 2.75) is 13.8 Å². The number of anilines is 1. The molecule has 0 saturated heterocycles. The van der Waals surface area contributed by atoms with Gasteiger partial charge in [-0.1, -0.05) is 42.0 Å². The normalized spacial score (nSPS) is 10.8. The van der Waals surface area contributed by atoms with Crippen LogP contribution in [0.5, 0.6) is 0 Å². The first-order valence-corrected chi connectivity index (χ1v) is 6.65. The van der Waals surface area contributed by atoms with Crippen LogP contribution in [0.25, 0.3) is 6.08 Å². The summed E-state index contributed by atoms with van der Waals surface area (Å²) in [6.07, 6.45) is 1.62. The number of carbonyl (C=O) groups excluding carboxylic acids is 1. The SMILES string of the molecule is Cc1ccc(C=C(C#N)C(=O)Nc2ccccc2)c(C)c1. The van der Waals surface area contributed by atoms with E-state index >= 15 is 0 Å². The Balaban J connectivity index is 2.25. The van der Waals surface area contributed by atoms with Gasteiger partial charge in [-0.3, -0.25) is 4.79 Å². The maximum atomic E-state index is 12.1. The van der Waals surface area contributed by atoms with Gasteiger partial charge in [-0.05, 0) is 43.2 Å². The third-order valence-electron chi connectivity index (χ3n) is 3.12. The largest absolute Gasteiger partial charge is 0.321 e. The maximum Gasteiger partial charge on any atom is 0.266 e. The minimum atomic E-state index is -0.399. The molecule has 0 saturated carbocycles. The molecule has 0 aliphatic carbocycles. The zero-order chi connectivity index (χ0) is 15.2. The molecule has 0 bridgehead atoms. The molecule has 0 atom stereocenters. The van der Waals surface area contributed by atoms with E-state index < -0.39 is 5.91 Å². The minimum absolute atomic E-state index is 0.0887. The molecule has 0 aliphatic rings. The van der Waals surface area contributed by atoms with Crippen molar-refractivity contribution in [3.05, 3.63) is 70.8 Å². The van der Waals surface area contributed by atoms with E-state index in [0.717, 1.165) is 16.7 Å². The number of nitrogens with zero attached hydrogens (tertiary/aromatic N) is 1. The van der Waals surface area contributed by atoms with Crippen LogP contribution >= 0.6 is 0 Å². The van der Waals surface area contributed by atoms with Gasteiger partial charge in [0.05, 0.1) is 0 Å². The van der Waals surface area contributed by atoms with Gasteiger partial charge in [-0.25, -0.2) is 0 Å². The molecule has 1 amide bonds. The van der Waals surface area contributed by atoms with E-state index in [0.29, 0.717) is 5.69 Å². The highest BCUT2D eigenvalue weighted by atomic mass is 16.1. The summed E-state index contributed by atoms with van der Waals surface area (Å²) in [5.41, 5.74) is 3.82. The van der Waals surface area contributed by atoms with Gasteiger partial charge in [0.2, 0.25) is 0 Å². The number of aryl methyl sites for hydroxylation is 2. The first-order chi connectivity index (χ1) is 10.1. The van der Waals surface area contributed by atoms with Crippen molar-refractivity contribution in [2.75, 3.05) is 5.32 Å². The summed E-state index contributed by atoms with van der Waals surface area (Å²) in [5.74, 6) is -0.399. The molecule has 0 fully saturated rings. The lowest BCUT2D eigenvalue weighted by Crippen LogP contribution is -2.13. The molecule has 104 valence electrons. The second-order valence-electron chi connectivity index (χ2n) is 4.85. The van der Waals surface area contributed by atoms with Crippen molar-refractivity contribution in [3.8, 4) is 6.07 Å². The Morgan fingerprint density at radius 3 is 2.48 bits per heavy atom. The fourth-order valence-corrected chi connectivity index (χ4v) is 2.01. The van der Waals surface area contributed by atoms with Crippen molar-refractivity contribution >= 4 is 17.7 Å². The lowest BCUT2D eigenvalue weighted by molar-refractivity contribution is -0.112. The van der Waals surface area contributed by atoms with E-state index in [4.69, 9.17) is 0 Å². The standard InChI is InChI=1S/C18H16N2O/c1-13-8-9-15(14(2)10-13)11-16(12-19)18(21)20-17-6-4-3-5-7-17/h3-11H,1-2H3,(H,20,21). The van der Waals surface area contributed by atoms with Crippen LogP contribution in [-0.2, 0) is 4.79 Å². The Morgan fingerprint density at radius 1 is 1.14 bits per heavy atom. The lowest BCUT2D eigenvalue weighted by atomic mass is 10.0. The molecule has 0 spiro atoms. The monoisotopic (exact) mass is 276 g/mol. The smallest absolute Gasteiger partial charge is 0.266 e. The molecule has 3 heteroatoms. The van der Waals surface area contributed by atoms with E-state index in [1.54, 1.807) is 18.2 Å². The Labute approximate surface area is 124 Å². The Morgan fingerprint density at radius 2 is 1.86 bits per heavy atom. The molecule has 0 aromatic heterocycles. The molecule has 0 radical (unpaired) electrons. The number of benzene rings is 2. The molecule has 0 aliphatic heterocycles. The van der Waals surface area contributed by atoms with E-state index in [1.165, 1.54) is 0 Å². The molecule has 0 heterocycles. The van der Waals surface area contributed by atoms with Crippen LogP contribution < -0.4 is 5.32 Å². The number of hydrogen-bond acceptors (Lipinski definition) is 2. The zero-order valence-corrected chi connectivity index (χ0v) is 12.1. The summed E-state index contributed by atoms with van der Waals surface area (Å²) in [5, 5.41) is 11.9. The van der Waals surface area contributed by atoms with Crippen molar-refractivity contribution in [3.63, 3.8) is 0 Å². The Kier molecular flexibility index (Phi) is 4.53. The van der Waals surface area contributed by atoms with Gasteiger partial charge in [-0.2, -0.15) is 5.26 Å². The van der Waals surface area contributed by atoms with Crippen LogP contribution in [0.1, 0.15) is 16.7 Å². The topological polar surface area (TPSA) is 52.9 Å². The van der Waals surface area contributed by atoms with Crippen molar-refractivity contribution < 1.29 is 4.79 Å². The summed E-state index contributed by atoms with van der Waals surface area (Å²) in [6.45, 7) is 3.97. The molecular formula is C18H16N2O. The Hall–Kier alpha value is -2.86. The molecule has 21 heavy (non-hydrogen) atoms. The predicted molar refractivity (Wildman–Crippen MR) is 84.6 cm³/mol. The third kappa shape index (κ3) is 3.80. The van der Waals surface area contributed by atoms with Gasteiger partial charge in [0.1, 0.15) is 11.6 Å². The van der Waals surface area contributed by atoms with Gasteiger partial charge >= 0.3 is 0 Å². The van der Waals surface area contributed by atoms with E-state index in [-0.39, 0.29) is 5.57 Å². The van der Waals surface area contributed by atoms with Crippen molar-refractivity contribution in [1.82, 2.24) is 0 Å². The maximum absolute atomic E-state index is 12.1. The fourth-order valence-electron chi connectivity index (χ4n) is 2.01. The summed E-state index contributed by atoms with van der Waals surface area (Å²) < 4.78 is 0. The van der Waals surface area contributed by atoms with Crippen LogP contribution in [0.4, 0.5) is 5.69 Å². The van der Waals surface area contributed by atoms with Gasteiger partial charge < -0.3 is 5.32 Å². The number of rotatable bonds is 3.